The van der Waals surface area contributed by atoms with E-state index in [-0.39, 0.29) is 16.3 Å². The molecule has 1 aromatic heterocycles. The molecule has 0 aromatic carbocycles. The molecule has 0 aliphatic heterocycles. The topological polar surface area (TPSA) is 66.7 Å². The molecule has 5 heteroatoms. The van der Waals surface area contributed by atoms with E-state index in [4.69, 9.17) is 5.11 Å². The van der Waals surface area contributed by atoms with Crippen molar-refractivity contribution in [2.45, 2.75) is 0 Å². The highest BCUT2D eigenvalue weighted by Crippen LogP contribution is 2.33. The van der Waals surface area contributed by atoms with Crippen LogP contribution in [0.25, 0.3) is 0 Å². The van der Waals surface area contributed by atoms with Crippen molar-refractivity contribution in [2.24, 2.45) is 5.18 Å². The van der Waals surface area contributed by atoms with Crippen molar-refractivity contribution in [3.05, 3.63) is 15.9 Å². The number of rotatable bonds is 2. The molecule has 0 spiro atoms. The van der Waals surface area contributed by atoms with Gasteiger partial charge < -0.3 is 5.11 Å². The monoisotopic (exact) mass is 157 g/mol. The van der Waals surface area contributed by atoms with Crippen LogP contribution < -0.4 is 0 Å². The van der Waals surface area contributed by atoms with Crippen molar-refractivity contribution >= 4 is 23.3 Å². The summed E-state index contributed by atoms with van der Waals surface area (Å²) in [5, 5.41) is 12.5. The van der Waals surface area contributed by atoms with Gasteiger partial charge in [-0.05, 0) is 5.18 Å². The first-order chi connectivity index (χ1) is 4.79. The van der Waals surface area contributed by atoms with Crippen LogP contribution in [0.2, 0.25) is 0 Å². The second-order valence-corrected chi connectivity index (χ2v) is 2.41. The van der Waals surface area contributed by atoms with E-state index in [0.29, 0.717) is 6.29 Å². The van der Waals surface area contributed by atoms with Gasteiger partial charge in [-0.1, -0.05) is 0 Å². The molecule has 0 saturated heterocycles. The predicted octanol–water partition coefficient (Wildman–Crippen LogP) is 1.66. The van der Waals surface area contributed by atoms with Crippen LogP contribution in [0.1, 0.15) is 10.4 Å². The number of aldehydes is 1. The van der Waals surface area contributed by atoms with Gasteiger partial charge in [-0.2, -0.15) is 0 Å². The van der Waals surface area contributed by atoms with Gasteiger partial charge in [0.2, 0.25) is 0 Å². The summed E-state index contributed by atoms with van der Waals surface area (Å²) in [6, 6.07) is 0. The number of aromatic hydroxyl groups is 1. The molecule has 10 heavy (non-hydrogen) atoms. The summed E-state index contributed by atoms with van der Waals surface area (Å²) in [5.74, 6) is 0. The molecule has 0 bridgehead atoms. The van der Waals surface area contributed by atoms with Crippen LogP contribution in [0, 0.1) is 4.91 Å². The Labute approximate surface area is 60.1 Å². The van der Waals surface area contributed by atoms with Gasteiger partial charge in [0.05, 0.1) is 5.56 Å². The Morgan fingerprint density at radius 3 is 2.80 bits per heavy atom. The third-order valence-electron chi connectivity index (χ3n) is 1.00. The molecule has 0 unspecified atom stereocenters. The molecule has 4 nitrogen and oxygen atoms in total. The maximum absolute atomic E-state index is 10.1. The summed E-state index contributed by atoms with van der Waals surface area (Å²) in [5.41, 5.74) is -0.0301. The van der Waals surface area contributed by atoms with Crippen LogP contribution in [-0.4, -0.2) is 11.4 Å². The normalized spacial score (nSPS) is 9.20. The number of nitroso groups, excluding NO2 is 1. The maximum atomic E-state index is 10.1. The van der Waals surface area contributed by atoms with E-state index >= 15 is 0 Å². The summed E-state index contributed by atoms with van der Waals surface area (Å²) in [6.07, 6.45) is 0.405. The van der Waals surface area contributed by atoms with E-state index in [1.54, 1.807) is 0 Å². The summed E-state index contributed by atoms with van der Waals surface area (Å²) in [6.45, 7) is 0. The average molecular weight is 157 g/mol. The lowest BCUT2D eigenvalue weighted by Crippen LogP contribution is -1.72. The number of carbonyl (C=O) groups is 1. The van der Waals surface area contributed by atoms with Gasteiger partial charge in [-0.3, -0.25) is 4.79 Å². The van der Waals surface area contributed by atoms with Crippen molar-refractivity contribution in [1.29, 1.82) is 0 Å². The van der Waals surface area contributed by atoms with Gasteiger partial charge in [0.1, 0.15) is 5.69 Å². The van der Waals surface area contributed by atoms with E-state index in [0.717, 1.165) is 11.3 Å². The van der Waals surface area contributed by atoms with Crippen molar-refractivity contribution in [1.82, 2.24) is 0 Å². The highest BCUT2D eigenvalue weighted by molar-refractivity contribution is 7.12. The van der Waals surface area contributed by atoms with Gasteiger partial charge in [0, 0.05) is 5.38 Å². The zero-order chi connectivity index (χ0) is 7.56. The van der Waals surface area contributed by atoms with Crippen LogP contribution in [0.5, 0.6) is 5.06 Å². The first kappa shape index (κ1) is 6.88. The van der Waals surface area contributed by atoms with Gasteiger partial charge >= 0.3 is 0 Å². The van der Waals surface area contributed by atoms with Crippen molar-refractivity contribution in [3.8, 4) is 5.06 Å². The van der Waals surface area contributed by atoms with Gasteiger partial charge in [-0.25, -0.2) is 0 Å². The molecular weight excluding hydrogens is 154 g/mol. The second-order valence-electron chi connectivity index (χ2n) is 1.55. The lowest BCUT2D eigenvalue weighted by Gasteiger charge is -1.82. The molecule has 1 rings (SSSR count). The third-order valence-corrected chi connectivity index (χ3v) is 1.79. The van der Waals surface area contributed by atoms with Crippen molar-refractivity contribution in [3.63, 3.8) is 0 Å². The van der Waals surface area contributed by atoms with Gasteiger partial charge in [0.15, 0.2) is 11.3 Å². The molecular formula is C5H3NO3S. The zero-order valence-corrected chi connectivity index (χ0v) is 5.59. The molecule has 0 fully saturated rings. The van der Waals surface area contributed by atoms with E-state index in [9.17, 15) is 9.70 Å². The number of carbonyl (C=O) groups excluding carboxylic acids is 1. The summed E-state index contributed by atoms with van der Waals surface area (Å²) in [7, 11) is 0. The molecule has 52 valence electrons. The summed E-state index contributed by atoms with van der Waals surface area (Å²) < 4.78 is 0. The Balaban J connectivity index is 3.25. The standard InChI is InChI=1S/C5H3NO3S/c7-1-3-4(6-9)2-10-5(3)8/h1-2,8H. The van der Waals surface area contributed by atoms with Crippen LogP contribution >= 0.6 is 11.3 Å². The highest BCUT2D eigenvalue weighted by Gasteiger charge is 2.09. The van der Waals surface area contributed by atoms with Crippen LogP contribution in [0.15, 0.2) is 10.6 Å². The second kappa shape index (κ2) is 2.57. The van der Waals surface area contributed by atoms with Gasteiger partial charge in [-0.15, -0.1) is 16.2 Å². The lowest BCUT2D eigenvalue weighted by molar-refractivity contribution is 0.112. The minimum absolute atomic E-state index is 0.00231. The fraction of sp³-hybridized carbons (Fsp3) is 0. The predicted molar refractivity (Wildman–Crippen MR) is 36.8 cm³/mol. The molecule has 0 aliphatic carbocycles. The zero-order valence-electron chi connectivity index (χ0n) is 4.77. The summed E-state index contributed by atoms with van der Waals surface area (Å²) >= 11 is 0.911. The van der Waals surface area contributed by atoms with Crippen LogP contribution in [-0.2, 0) is 0 Å². The highest BCUT2D eigenvalue weighted by atomic mass is 32.1. The Hall–Kier alpha value is -1.23. The van der Waals surface area contributed by atoms with Crippen LogP contribution in [0.4, 0.5) is 5.69 Å². The molecule has 0 radical (unpaired) electrons. The van der Waals surface area contributed by atoms with E-state index in [2.05, 4.69) is 5.18 Å². The molecule has 1 aromatic rings. The SMILES string of the molecule is O=Cc1c(N=O)csc1O. The number of thiophene rings is 1. The third kappa shape index (κ3) is 0.906. The smallest absolute Gasteiger partial charge is 0.184 e. The fourth-order valence-corrected chi connectivity index (χ4v) is 1.20. The Morgan fingerprint density at radius 1 is 1.70 bits per heavy atom. The number of hydrogen-bond acceptors (Lipinski definition) is 5. The molecule has 1 N–H and O–H groups in total. The fourth-order valence-electron chi connectivity index (χ4n) is 0.530. The molecule has 0 aliphatic rings. The minimum atomic E-state index is -0.162. The van der Waals surface area contributed by atoms with E-state index < -0.39 is 0 Å². The molecule has 0 saturated carbocycles. The number of nitrogens with zero attached hydrogens (tertiary/aromatic N) is 1. The Bertz CT molecular complexity index is 268. The largest absolute Gasteiger partial charge is 0.499 e. The molecule has 1 heterocycles. The minimum Gasteiger partial charge on any atom is -0.499 e. The molecule has 0 amide bonds. The quantitative estimate of drug-likeness (QED) is 0.524. The van der Waals surface area contributed by atoms with Crippen molar-refractivity contribution < 1.29 is 9.90 Å². The van der Waals surface area contributed by atoms with E-state index in [1.165, 1.54) is 5.38 Å². The summed E-state index contributed by atoms with van der Waals surface area (Å²) in [4.78, 5) is 20.0. The van der Waals surface area contributed by atoms with Crippen LogP contribution in [0.3, 0.4) is 0 Å². The maximum Gasteiger partial charge on any atom is 0.184 e. The average Bonchev–Trinajstić information content (AvgIpc) is 2.30. The number of hydrogen-bond donors (Lipinski definition) is 1. The van der Waals surface area contributed by atoms with Gasteiger partial charge in [0.25, 0.3) is 0 Å². The first-order valence-electron chi connectivity index (χ1n) is 2.38. The van der Waals surface area contributed by atoms with E-state index in [1.807, 2.05) is 0 Å². The Kier molecular flexibility index (Phi) is 1.77. The van der Waals surface area contributed by atoms with Crippen molar-refractivity contribution in [2.75, 3.05) is 0 Å². The molecule has 0 atom stereocenters. The first-order valence-corrected chi connectivity index (χ1v) is 3.26. The Morgan fingerprint density at radius 2 is 2.40 bits per heavy atom. The lowest BCUT2D eigenvalue weighted by atomic mass is 10.3.